The molecule has 3 aromatic carbocycles. The van der Waals surface area contributed by atoms with Gasteiger partial charge in [-0.3, -0.25) is 86.3 Å². The van der Waals surface area contributed by atoms with Gasteiger partial charge in [0.1, 0.15) is 90.3 Å². The van der Waals surface area contributed by atoms with Gasteiger partial charge in [-0.1, -0.05) is 102 Å². The van der Waals surface area contributed by atoms with Crippen LogP contribution in [0.4, 0.5) is 0 Å². The summed E-state index contributed by atoms with van der Waals surface area (Å²) < 4.78 is 0. The van der Waals surface area contributed by atoms with E-state index in [1.165, 1.54) is 59.3 Å². The molecule has 3 saturated heterocycles. The van der Waals surface area contributed by atoms with Crippen LogP contribution in [0.3, 0.4) is 0 Å². The van der Waals surface area contributed by atoms with Crippen LogP contribution in [-0.2, 0) is 106 Å². The highest BCUT2D eigenvalue weighted by atomic mass is 32.2. The first-order valence-electron chi connectivity index (χ1n) is 42.7. The van der Waals surface area contributed by atoms with E-state index in [2.05, 4.69) is 63.1 Å². The molecule has 696 valence electrons. The summed E-state index contributed by atoms with van der Waals surface area (Å²) in [5.74, 6) is -19.2. The number of thioether (sulfide) groups is 1. The minimum absolute atomic E-state index is 0.0104. The number of aliphatic hydroxyl groups excluding tert-OH is 2. The number of aromatic hydroxyl groups is 1. The van der Waals surface area contributed by atoms with Crippen LogP contribution in [0.1, 0.15) is 135 Å². The van der Waals surface area contributed by atoms with Crippen LogP contribution in [0.5, 0.6) is 5.75 Å². The molecule has 0 spiro atoms. The van der Waals surface area contributed by atoms with Gasteiger partial charge in [-0.25, -0.2) is 0 Å². The number of primary amides is 3. The molecule has 0 aliphatic carbocycles. The third-order valence-corrected chi connectivity index (χ3v) is 23.9. The summed E-state index contributed by atoms with van der Waals surface area (Å²) in [5, 5.41) is 59.5. The second-order valence-electron chi connectivity index (χ2n) is 33.1. The molecule has 8 rings (SSSR count). The summed E-state index contributed by atoms with van der Waals surface area (Å²) in [7, 11) is 3.89. The predicted molar refractivity (Wildman–Crippen MR) is 468 cm³/mol. The number of phenolic OH excluding ortho intramolecular Hbond substituents is 1. The van der Waals surface area contributed by atoms with Gasteiger partial charge < -0.3 is 120 Å². The molecule has 3 aliphatic heterocycles. The fraction of sp³-hybridized carbons (Fsp3) is 0.535. The molecule has 3 fully saturated rings. The molecule has 5 aromatic rings. The SMILES string of the molecule is CCCC[C@H]1C(=O)N(C)[C@@H](CCCC)C(=O)N[C@@H](C)C(=O)NC(C(=O)NCC(N)=O)CSCC(=O)N[C@@H](Cc2ccc(O)cc2)C(=O)N(C)[C@@H](C)C(=O)N[C@@H](CC(N)=O)C(=O)N2CCC[C@H]2C(=O)N[C@@H](CC(N)=O)C(=O)N[C@@H](CC(C)C)C(=O)N2C[C@H](O)C[C@H]2C(=O)N[C@@H](Cc2c[nH]c3ccccc23)C(=O)N[C@@H](CO)C(=O)N[C@@H](Cc2c[nH]c3ccccc23)C(=O)N1C. The number of phenols is 1. The van der Waals surface area contributed by atoms with E-state index in [4.69, 9.17) is 17.2 Å². The van der Waals surface area contributed by atoms with Crippen LogP contribution in [0.25, 0.3) is 21.8 Å². The van der Waals surface area contributed by atoms with Crippen LogP contribution in [0, 0.1) is 5.92 Å². The van der Waals surface area contributed by atoms with E-state index in [1.807, 2.05) is 13.8 Å². The van der Waals surface area contributed by atoms with Crippen molar-refractivity contribution >= 4 is 140 Å². The lowest BCUT2D eigenvalue weighted by atomic mass is 10.00. The van der Waals surface area contributed by atoms with Crippen LogP contribution in [-0.4, -0.2) is 306 Å². The molecule has 42 heteroatoms. The van der Waals surface area contributed by atoms with Gasteiger partial charge in [-0.2, -0.15) is 0 Å². The number of likely N-dealkylation sites (N-methyl/N-ethyl adjacent to an activating group) is 3. The quantitative estimate of drug-likeness (QED) is 0.0323. The highest BCUT2D eigenvalue weighted by molar-refractivity contribution is 8.00. The Bertz CT molecular complexity index is 4870. The van der Waals surface area contributed by atoms with Gasteiger partial charge in [0.25, 0.3) is 0 Å². The number of carbonyl (C=O) groups excluding carboxylic acids is 18. The number of nitrogens with one attached hydrogen (secondary N) is 12. The third kappa shape index (κ3) is 27.4. The number of carbonyl (C=O) groups is 18. The molecule has 2 aromatic heterocycles. The molecule has 15 atom stereocenters. The van der Waals surface area contributed by atoms with E-state index in [-0.39, 0.29) is 63.7 Å². The first-order chi connectivity index (χ1) is 60.7. The molecular weight excluding hydrogens is 1680 g/mol. The number of nitrogens with two attached hydrogens (primary N) is 3. The first-order valence-corrected chi connectivity index (χ1v) is 43.9. The van der Waals surface area contributed by atoms with Gasteiger partial charge in [0.2, 0.25) is 106 Å². The Hall–Kier alpha value is -12.7. The zero-order chi connectivity index (χ0) is 94.1. The molecule has 3 aliphatic rings. The average Bonchev–Trinajstić information content (AvgIpc) is 1.66. The summed E-state index contributed by atoms with van der Waals surface area (Å²) in [4.78, 5) is 271. The normalized spacial score (nSPS) is 25.5. The molecule has 128 heavy (non-hydrogen) atoms. The Labute approximate surface area is 743 Å². The number of benzene rings is 3. The van der Waals surface area contributed by atoms with Gasteiger partial charge >= 0.3 is 0 Å². The first kappa shape index (κ1) is 101. The fourth-order valence-electron chi connectivity index (χ4n) is 15.7. The van der Waals surface area contributed by atoms with Crippen molar-refractivity contribution in [3.63, 3.8) is 0 Å². The maximum Gasteiger partial charge on any atom is 0.246 e. The van der Waals surface area contributed by atoms with E-state index < -0.39 is 253 Å². The van der Waals surface area contributed by atoms with Crippen molar-refractivity contribution in [3.05, 3.63) is 102 Å². The number of H-pyrrole nitrogens is 2. The van der Waals surface area contributed by atoms with Gasteiger partial charge in [-0.15, -0.1) is 11.8 Å². The number of nitrogens with zero attached hydrogens (tertiary/aromatic N) is 5. The van der Waals surface area contributed by atoms with E-state index >= 15 is 28.8 Å². The Morgan fingerprint density at radius 2 is 1.03 bits per heavy atom. The topological polar surface area (TPSA) is 614 Å². The smallest absolute Gasteiger partial charge is 0.246 e. The van der Waals surface area contributed by atoms with Crippen LogP contribution >= 0.6 is 11.8 Å². The number of para-hydroxylation sites is 2. The maximum atomic E-state index is 15.6. The van der Waals surface area contributed by atoms with Gasteiger partial charge in [0.15, 0.2) is 0 Å². The largest absolute Gasteiger partial charge is 0.508 e. The lowest BCUT2D eigenvalue weighted by molar-refractivity contribution is -0.149. The second kappa shape index (κ2) is 47.2. The average molecular weight is 1800 g/mol. The van der Waals surface area contributed by atoms with Crippen molar-refractivity contribution in [1.82, 2.24) is 87.6 Å². The van der Waals surface area contributed by atoms with E-state index in [0.717, 1.165) is 36.3 Å². The highest BCUT2D eigenvalue weighted by Gasteiger charge is 2.47. The van der Waals surface area contributed by atoms with E-state index in [0.29, 0.717) is 64.2 Å². The number of aliphatic hydroxyl groups is 2. The third-order valence-electron chi connectivity index (χ3n) is 22.9. The molecular formula is C86H120N20O21S. The summed E-state index contributed by atoms with van der Waals surface area (Å²) in [6, 6.07) is -2.65. The van der Waals surface area contributed by atoms with Crippen molar-refractivity contribution in [2.45, 2.75) is 229 Å². The van der Waals surface area contributed by atoms with Crippen LogP contribution in [0.2, 0.25) is 0 Å². The van der Waals surface area contributed by atoms with Crippen LogP contribution < -0.4 is 70.4 Å². The molecule has 18 amide bonds. The summed E-state index contributed by atoms with van der Waals surface area (Å²) >= 11 is 0.770. The predicted octanol–water partition coefficient (Wildman–Crippen LogP) is -3.26. The highest BCUT2D eigenvalue weighted by Crippen LogP contribution is 2.28. The zero-order valence-electron chi connectivity index (χ0n) is 73.2. The molecule has 0 radical (unpaired) electrons. The Morgan fingerprint density at radius 1 is 0.523 bits per heavy atom. The molecule has 1 unspecified atom stereocenters. The maximum absolute atomic E-state index is 15.6. The van der Waals surface area contributed by atoms with Crippen molar-refractivity contribution in [2.24, 2.45) is 23.1 Å². The lowest BCUT2D eigenvalue weighted by Gasteiger charge is -2.36. The number of aromatic amines is 2. The minimum Gasteiger partial charge on any atom is -0.508 e. The number of hydrogen-bond acceptors (Lipinski definition) is 22. The number of rotatable bonds is 22. The fourth-order valence-corrected chi connectivity index (χ4v) is 16.6. The number of fused-ring (bicyclic) bond motifs is 4. The van der Waals surface area contributed by atoms with Crippen LogP contribution in [0.15, 0.2) is 85.2 Å². The number of amides is 18. The summed E-state index contributed by atoms with van der Waals surface area (Å²) in [6.07, 6.45) is 0.423. The molecule has 0 saturated carbocycles. The Balaban J connectivity index is 1.17. The van der Waals surface area contributed by atoms with Crippen molar-refractivity contribution in [2.75, 3.05) is 58.9 Å². The monoisotopic (exact) mass is 1800 g/mol. The lowest BCUT2D eigenvalue weighted by Crippen LogP contribution is -2.61. The van der Waals surface area contributed by atoms with E-state index in [1.54, 1.807) is 74.8 Å². The zero-order valence-corrected chi connectivity index (χ0v) is 74.1. The van der Waals surface area contributed by atoms with Crippen molar-refractivity contribution in [3.8, 4) is 5.75 Å². The van der Waals surface area contributed by atoms with Gasteiger partial charge in [0.05, 0.1) is 37.9 Å². The van der Waals surface area contributed by atoms with Crippen molar-refractivity contribution in [1.29, 1.82) is 0 Å². The van der Waals surface area contributed by atoms with Gasteiger partial charge in [-0.05, 0) is 92.8 Å². The number of aromatic nitrogens is 2. The molecule has 21 N–H and O–H groups in total. The van der Waals surface area contributed by atoms with E-state index in [9.17, 15) is 72.9 Å². The minimum atomic E-state index is -1.89. The molecule has 41 nitrogen and oxygen atoms in total. The second-order valence-corrected chi connectivity index (χ2v) is 34.1. The Morgan fingerprint density at radius 3 is 1.62 bits per heavy atom. The van der Waals surface area contributed by atoms with Crippen molar-refractivity contribution < 1.29 is 102 Å². The summed E-state index contributed by atoms with van der Waals surface area (Å²) in [6.45, 7) is 7.12. The molecule has 5 heterocycles. The summed E-state index contributed by atoms with van der Waals surface area (Å²) in [5.41, 5.74) is 19.3. The van der Waals surface area contributed by atoms with Gasteiger partial charge in [0, 0.05) is 99.9 Å². The Kier molecular flexibility index (Phi) is 37.1. The standard InChI is InChI=1S/C86H120N20O21S/c1-10-12-23-65-79(120)93-46(5)73(114)101-64(75(116)92-40-71(89)112)43-128-44-72(113)94-60(32-48-26-28-51(108)29-27-48)82(123)102(7)47(6)74(115)97-62(37-70(88)111)84(125)105-30-18-25-66(105)80(121)96-58(36-69(87)110)77(118)98-59(31-45(3)4)85(126)106-41-52(109)35-68(106)81(122)95-57(33-49-38-90-55-21-16-14-19-53(49)55)76(117)100-63(42-107)78(119)99-61(34-50-39-91-56-22-17-15-20-54(50)56)83(124)104(9)67(24-13-11-2)86(127)103(65)8/h14-17,19-22,26-29,38-39,45-47,52,57-68,90-91,107-109H,10-13,18,23-25,30-37,40-44H2,1-9H3,(H2,87,110)(H2,88,111)(H2,89,112)(H,92,116)(H,93,120)(H,94,113)(H,95,122)(H,96,121)(H,97,115)(H,98,118)(H,99,119)(H,100,117)(H,101,114)/t46-,47-,52+,57-,58-,59-,60-,61-,62-,63-,64?,65-,66-,67-,68-/m0/s1. The number of unbranched alkanes of at least 4 members (excludes halogenated alkanes) is 2. The number of hydrogen-bond donors (Lipinski definition) is 18. The molecule has 0 bridgehead atoms.